The number of furan rings is 1. The van der Waals surface area contributed by atoms with Crippen molar-refractivity contribution in [1.82, 2.24) is 9.13 Å². The van der Waals surface area contributed by atoms with Gasteiger partial charge < -0.3 is 8.98 Å². The maximum absolute atomic E-state index is 6.52. The van der Waals surface area contributed by atoms with Crippen molar-refractivity contribution in [3.8, 4) is 11.4 Å². The Labute approximate surface area is 244 Å². The van der Waals surface area contributed by atoms with Crippen molar-refractivity contribution in [2.75, 3.05) is 0 Å². The predicted octanol–water partition coefficient (Wildman–Crippen LogP) is 11.0. The van der Waals surface area contributed by atoms with Crippen LogP contribution in [0.15, 0.2) is 138 Å². The van der Waals surface area contributed by atoms with Crippen LogP contribution in [0.3, 0.4) is 0 Å². The van der Waals surface area contributed by atoms with E-state index in [0.717, 1.165) is 27.9 Å². The van der Waals surface area contributed by atoms with Gasteiger partial charge in [-0.3, -0.25) is 4.57 Å². The predicted molar refractivity (Wildman–Crippen MR) is 178 cm³/mol. The number of hydrogen-bond donors (Lipinski definition) is 0. The second kappa shape index (κ2) is 8.12. The maximum Gasteiger partial charge on any atom is 0.213 e. The highest BCUT2D eigenvalue weighted by Gasteiger charge is 2.20. The van der Waals surface area contributed by atoms with E-state index in [1.807, 2.05) is 17.4 Å². The zero-order valence-electron chi connectivity index (χ0n) is 22.4. The Balaban J connectivity index is 1.25. The van der Waals surface area contributed by atoms with Gasteiger partial charge in [0, 0.05) is 53.1 Å². The average molecular weight is 555 g/mol. The highest BCUT2D eigenvalue weighted by atomic mass is 32.1. The molecule has 0 aliphatic rings. The lowest BCUT2D eigenvalue weighted by Gasteiger charge is -2.09. The lowest BCUT2D eigenvalue weighted by atomic mass is 10.1. The van der Waals surface area contributed by atoms with E-state index >= 15 is 0 Å². The van der Waals surface area contributed by atoms with E-state index in [4.69, 9.17) is 4.42 Å². The summed E-state index contributed by atoms with van der Waals surface area (Å²) < 4.78 is 13.8. The molecule has 0 spiro atoms. The largest absolute Gasteiger partial charge is 0.439 e. The van der Waals surface area contributed by atoms with Gasteiger partial charge in [0.1, 0.15) is 5.58 Å². The van der Waals surface area contributed by atoms with Gasteiger partial charge in [0.05, 0.1) is 21.9 Å². The molecule has 0 fully saturated rings. The van der Waals surface area contributed by atoms with E-state index < -0.39 is 0 Å². The van der Waals surface area contributed by atoms with Crippen molar-refractivity contribution in [3.05, 3.63) is 133 Å². The van der Waals surface area contributed by atoms with Crippen molar-refractivity contribution < 1.29 is 4.42 Å². The van der Waals surface area contributed by atoms with Gasteiger partial charge in [-0.2, -0.15) is 0 Å². The molecule has 4 heterocycles. The van der Waals surface area contributed by atoms with Crippen molar-refractivity contribution >= 4 is 86.3 Å². The zero-order chi connectivity index (χ0) is 27.4. The SMILES string of the molecule is c1ccc2c(c1)oc1c2c2ccccc2n1-c1ccc2sc3ccc(-n4c5ccccc5c5ccccc54)cc3c2c1. The van der Waals surface area contributed by atoms with Crippen molar-refractivity contribution in [1.29, 1.82) is 0 Å². The van der Waals surface area contributed by atoms with Gasteiger partial charge in [-0.1, -0.05) is 72.8 Å². The molecule has 196 valence electrons. The molecule has 3 nitrogen and oxygen atoms in total. The monoisotopic (exact) mass is 554 g/mol. The van der Waals surface area contributed by atoms with Crippen molar-refractivity contribution in [2.45, 2.75) is 0 Å². The molecule has 0 radical (unpaired) electrons. The van der Waals surface area contributed by atoms with E-state index in [9.17, 15) is 0 Å². The van der Waals surface area contributed by atoms with Gasteiger partial charge in [-0.05, 0) is 60.7 Å². The molecule has 10 aromatic rings. The summed E-state index contributed by atoms with van der Waals surface area (Å²) in [7, 11) is 0. The van der Waals surface area contributed by atoms with Crippen LogP contribution < -0.4 is 0 Å². The minimum Gasteiger partial charge on any atom is -0.439 e. The minimum atomic E-state index is 0.891. The molecule has 0 saturated carbocycles. The van der Waals surface area contributed by atoms with Gasteiger partial charge in [-0.15, -0.1) is 11.3 Å². The quantitative estimate of drug-likeness (QED) is 0.208. The van der Waals surface area contributed by atoms with E-state index in [2.05, 4.69) is 137 Å². The Morgan fingerprint density at radius 2 is 0.929 bits per heavy atom. The lowest BCUT2D eigenvalue weighted by Crippen LogP contribution is -1.93. The topological polar surface area (TPSA) is 23.0 Å². The third kappa shape index (κ3) is 2.89. The first-order chi connectivity index (χ1) is 20.8. The van der Waals surface area contributed by atoms with Crippen LogP contribution in [0.25, 0.3) is 86.3 Å². The number of para-hydroxylation sites is 4. The molecule has 0 aliphatic carbocycles. The smallest absolute Gasteiger partial charge is 0.213 e. The Bertz CT molecular complexity index is 2640. The maximum atomic E-state index is 6.52. The van der Waals surface area contributed by atoms with Crippen molar-refractivity contribution in [2.24, 2.45) is 0 Å². The molecular formula is C38H22N2OS. The molecule has 42 heavy (non-hydrogen) atoms. The van der Waals surface area contributed by atoms with E-state index in [-0.39, 0.29) is 0 Å². The summed E-state index contributed by atoms with van der Waals surface area (Å²) in [6.45, 7) is 0. The first kappa shape index (κ1) is 22.4. The Morgan fingerprint density at radius 1 is 0.429 bits per heavy atom. The summed E-state index contributed by atoms with van der Waals surface area (Å²) >= 11 is 1.85. The minimum absolute atomic E-state index is 0.891. The molecule has 4 heteroatoms. The van der Waals surface area contributed by atoms with Crippen LogP contribution in [0.5, 0.6) is 0 Å². The molecule has 0 unspecified atom stereocenters. The van der Waals surface area contributed by atoms with Crippen LogP contribution in [-0.4, -0.2) is 9.13 Å². The van der Waals surface area contributed by atoms with Crippen molar-refractivity contribution in [3.63, 3.8) is 0 Å². The molecular weight excluding hydrogens is 532 g/mol. The zero-order valence-corrected chi connectivity index (χ0v) is 23.2. The Kier molecular flexibility index (Phi) is 4.33. The average Bonchev–Trinajstić information content (AvgIpc) is 3.77. The Morgan fingerprint density at radius 3 is 1.57 bits per heavy atom. The highest BCUT2D eigenvalue weighted by Crippen LogP contribution is 2.42. The van der Waals surface area contributed by atoms with Crippen LogP contribution in [0.2, 0.25) is 0 Å². The summed E-state index contributed by atoms with van der Waals surface area (Å²) in [5, 5.41) is 8.62. The number of fused-ring (bicyclic) bond motifs is 11. The van der Waals surface area contributed by atoms with Gasteiger partial charge in [0.25, 0.3) is 0 Å². The van der Waals surface area contributed by atoms with Crippen LogP contribution in [0.4, 0.5) is 0 Å². The summed E-state index contributed by atoms with van der Waals surface area (Å²) in [6.07, 6.45) is 0. The highest BCUT2D eigenvalue weighted by molar-refractivity contribution is 7.25. The van der Waals surface area contributed by atoms with E-state index in [1.165, 1.54) is 58.4 Å². The number of rotatable bonds is 2. The number of nitrogens with zero attached hydrogens (tertiary/aromatic N) is 2. The van der Waals surface area contributed by atoms with Crippen LogP contribution >= 0.6 is 11.3 Å². The molecule has 10 rings (SSSR count). The molecule has 0 amide bonds. The van der Waals surface area contributed by atoms with Crippen LogP contribution in [0, 0.1) is 0 Å². The summed E-state index contributed by atoms with van der Waals surface area (Å²) in [5.74, 6) is 0. The second-order valence-corrected chi connectivity index (χ2v) is 12.0. The molecule has 0 N–H and O–H groups in total. The second-order valence-electron chi connectivity index (χ2n) is 11.0. The summed E-state index contributed by atoms with van der Waals surface area (Å²) in [4.78, 5) is 0. The standard InChI is InChI=1S/C38H22N2OS/c1-5-13-31-25(9-1)26-10-2-6-14-32(26)39(31)23-17-19-35-29(21-23)30-22-24(18-20-36(30)42-35)40-33-15-7-3-11-27(33)37-28-12-4-8-16-34(28)41-38(37)40/h1-22H. The fourth-order valence-electron chi connectivity index (χ4n) is 6.93. The molecule has 0 saturated heterocycles. The normalized spacial score (nSPS) is 12.3. The number of benzene rings is 6. The lowest BCUT2D eigenvalue weighted by molar-refractivity contribution is 0.645. The van der Waals surface area contributed by atoms with E-state index in [1.54, 1.807) is 0 Å². The first-order valence-corrected chi connectivity index (χ1v) is 15.0. The molecule has 4 aromatic heterocycles. The van der Waals surface area contributed by atoms with Gasteiger partial charge in [0.15, 0.2) is 0 Å². The van der Waals surface area contributed by atoms with Gasteiger partial charge in [-0.25, -0.2) is 0 Å². The summed E-state index contributed by atoms with van der Waals surface area (Å²) in [5.41, 5.74) is 7.70. The number of thiophene rings is 1. The number of hydrogen-bond acceptors (Lipinski definition) is 2. The molecule has 6 aromatic carbocycles. The molecule has 0 atom stereocenters. The first-order valence-electron chi connectivity index (χ1n) is 14.2. The summed E-state index contributed by atoms with van der Waals surface area (Å²) in [6, 6.07) is 48.1. The fraction of sp³-hybridized carbons (Fsp3) is 0. The van der Waals surface area contributed by atoms with Crippen LogP contribution in [0.1, 0.15) is 0 Å². The fourth-order valence-corrected chi connectivity index (χ4v) is 8.00. The van der Waals surface area contributed by atoms with Crippen LogP contribution in [-0.2, 0) is 0 Å². The third-order valence-electron chi connectivity index (χ3n) is 8.73. The van der Waals surface area contributed by atoms with Gasteiger partial charge in [0.2, 0.25) is 5.71 Å². The van der Waals surface area contributed by atoms with E-state index in [0.29, 0.717) is 0 Å². The molecule has 0 bridgehead atoms. The Hall–Kier alpha value is -5.32. The molecule has 0 aliphatic heterocycles. The third-order valence-corrected chi connectivity index (χ3v) is 9.88. The number of aromatic nitrogens is 2. The van der Waals surface area contributed by atoms with Gasteiger partial charge >= 0.3 is 0 Å².